The lowest BCUT2D eigenvalue weighted by Gasteiger charge is -2.05. The molecule has 20 heavy (non-hydrogen) atoms. The molecular formula is C14H13N5S. The van der Waals surface area contributed by atoms with Gasteiger partial charge in [0.15, 0.2) is 4.77 Å². The molecule has 0 fully saturated rings. The quantitative estimate of drug-likeness (QED) is 0.751. The SMILES string of the molecule is Cn1ccnc1CCn1c(=S)[nH]c2ccc(C#N)cc21. The molecule has 2 aromatic heterocycles. The number of hydrogen-bond donors (Lipinski definition) is 1. The van der Waals surface area contributed by atoms with Gasteiger partial charge in [0.25, 0.3) is 0 Å². The first-order chi connectivity index (χ1) is 9.69. The Morgan fingerprint density at radius 2 is 2.30 bits per heavy atom. The molecule has 100 valence electrons. The number of fused-ring (bicyclic) bond motifs is 1. The van der Waals surface area contributed by atoms with E-state index in [1.165, 1.54) is 0 Å². The summed E-state index contributed by atoms with van der Waals surface area (Å²) < 4.78 is 4.68. The first-order valence-corrected chi connectivity index (χ1v) is 6.69. The third kappa shape index (κ3) is 2.12. The van der Waals surface area contributed by atoms with Crippen molar-refractivity contribution in [2.24, 2.45) is 7.05 Å². The predicted octanol–water partition coefficient (Wildman–Crippen LogP) is 2.55. The summed E-state index contributed by atoms with van der Waals surface area (Å²) in [5.41, 5.74) is 2.55. The zero-order valence-corrected chi connectivity index (χ0v) is 11.8. The van der Waals surface area contributed by atoms with Crippen molar-refractivity contribution in [3.8, 4) is 6.07 Å². The molecule has 2 heterocycles. The number of benzene rings is 1. The van der Waals surface area contributed by atoms with E-state index in [0.29, 0.717) is 10.3 Å². The van der Waals surface area contributed by atoms with E-state index in [2.05, 4.69) is 16.0 Å². The third-order valence-corrected chi connectivity index (χ3v) is 3.71. The van der Waals surface area contributed by atoms with Gasteiger partial charge in [-0.05, 0) is 30.4 Å². The molecule has 0 bridgehead atoms. The summed E-state index contributed by atoms with van der Waals surface area (Å²) in [6, 6.07) is 7.70. The van der Waals surface area contributed by atoms with Crippen LogP contribution in [0.15, 0.2) is 30.6 Å². The van der Waals surface area contributed by atoms with Crippen molar-refractivity contribution >= 4 is 23.3 Å². The van der Waals surface area contributed by atoms with Gasteiger partial charge in [0.05, 0.1) is 22.7 Å². The summed E-state index contributed by atoms with van der Waals surface area (Å²) in [6.07, 6.45) is 4.51. The number of nitrogens with one attached hydrogen (secondary N) is 1. The molecule has 0 unspecified atom stereocenters. The first kappa shape index (κ1) is 12.6. The largest absolute Gasteiger partial charge is 0.338 e. The van der Waals surface area contributed by atoms with Gasteiger partial charge in [0.2, 0.25) is 0 Å². The minimum Gasteiger partial charge on any atom is -0.338 e. The van der Waals surface area contributed by atoms with Crippen molar-refractivity contribution in [2.45, 2.75) is 13.0 Å². The molecule has 0 saturated carbocycles. The number of nitriles is 1. The van der Waals surface area contributed by atoms with Crippen molar-refractivity contribution in [3.05, 3.63) is 46.8 Å². The van der Waals surface area contributed by atoms with Crippen LogP contribution in [0.3, 0.4) is 0 Å². The van der Waals surface area contributed by atoms with E-state index in [1.807, 2.05) is 34.5 Å². The first-order valence-electron chi connectivity index (χ1n) is 6.28. The van der Waals surface area contributed by atoms with Crippen LogP contribution in [0.1, 0.15) is 11.4 Å². The molecule has 0 aliphatic rings. The highest BCUT2D eigenvalue weighted by Crippen LogP contribution is 2.16. The highest BCUT2D eigenvalue weighted by Gasteiger charge is 2.07. The van der Waals surface area contributed by atoms with E-state index in [9.17, 15) is 0 Å². The Morgan fingerprint density at radius 1 is 1.45 bits per heavy atom. The minimum atomic E-state index is 0.636. The monoisotopic (exact) mass is 283 g/mol. The Morgan fingerprint density at radius 3 is 3.00 bits per heavy atom. The molecular weight excluding hydrogens is 270 g/mol. The Balaban J connectivity index is 1.98. The highest BCUT2D eigenvalue weighted by atomic mass is 32.1. The van der Waals surface area contributed by atoms with Gasteiger partial charge in [0, 0.05) is 32.4 Å². The van der Waals surface area contributed by atoms with Gasteiger partial charge in [-0.15, -0.1) is 0 Å². The van der Waals surface area contributed by atoms with E-state index in [-0.39, 0.29) is 0 Å². The van der Waals surface area contributed by atoms with Gasteiger partial charge in [0.1, 0.15) is 5.82 Å². The van der Waals surface area contributed by atoms with Gasteiger partial charge in [-0.1, -0.05) is 0 Å². The summed E-state index contributed by atoms with van der Waals surface area (Å²) in [5.74, 6) is 1.01. The molecule has 0 aliphatic heterocycles. The summed E-state index contributed by atoms with van der Waals surface area (Å²) in [6.45, 7) is 0.735. The van der Waals surface area contributed by atoms with Gasteiger partial charge < -0.3 is 14.1 Å². The zero-order valence-electron chi connectivity index (χ0n) is 11.0. The molecule has 0 atom stereocenters. The lowest BCUT2D eigenvalue weighted by Crippen LogP contribution is -2.05. The van der Waals surface area contributed by atoms with Gasteiger partial charge >= 0.3 is 0 Å². The number of imidazole rings is 2. The number of aromatic nitrogens is 4. The number of H-pyrrole nitrogens is 1. The Labute approximate surface area is 121 Å². The topological polar surface area (TPSA) is 62.3 Å². The van der Waals surface area contributed by atoms with Crippen LogP contribution in [0, 0.1) is 16.1 Å². The second-order valence-electron chi connectivity index (χ2n) is 4.63. The summed E-state index contributed by atoms with van der Waals surface area (Å²) in [5, 5.41) is 9.00. The lowest BCUT2D eigenvalue weighted by atomic mass is 10.2. The summed E-state index contributed by atoms with van der Waals surface area (Å²) >= 11 is 5.36. The number of nitrogens with zero attached hydrogens (tertiary/aromatic N) is 4. The fourth-order valence-electron chi connectivity index (χ4n) is 2.29. The Hall–Kier alpha value is -2.39. The van der Waals surface area contributed by atoms with E-state index < -0.39 is 0 Å². The van der Waals surface area contributed by atoms with Crippen LogP contribution >= 0.6 is 12.2 Å². The van der Waals surface area contributed by atoms with E-state index in [4.69, 9.17) is 17.5 Å². The lowest BCUT2D eigenvalue weighted by molar-refractivity contribution is 0.657. The van der Waals surface area contributed by atoms with Crippen LogP contribution in [0.25, 0.3) is 11.0 Å². The summed E-state index contributed by atoms with van der Waals surface area (Å²) in [7, 11) is 1.98. The van der Waals surface area contributed by atoms with E-state index >= 15 is 0 Å². The van der Waals surface area contributed by atoms with Crippen molar-refractivity contribution in [2.75, 3.05) is 0 Å². The molecule has 0 spiro atoms. The average Bonchev–Trinajstić information content (AvgIpc) is 2.99. The molecule has 0 amide bonds. The second kappa shape index (κ2) is 4.94. The molecule has 0 saturated heterocycles. The molecule has 0 aliphatic carbocycles. The molecule has 5 nitrogen and oxygen atoms in total. The van der Waals surface area contributed by atoms with E-state index in [0.717, 1.165) is 29.8 Å². The second-order valence-corrected chi connectivity index (χ2v) is 5.02. The van der Waals surface area contributed by atoms with Crippen LogP contribution in [0.4, 0.5) is 0 Å². The molecule has 6 heteroatoms. The maximum atomic E-state index is 9.00. The third-order valence-electron chi connectivity index (χ3n) is 3.38. The molecule has 1 N–H and O–H groups in total. The standard InChI is InChI=1S/C14H13N5S/c1-18-7-5-16-13(18)4-6-19-12-8-10(9-15)2-3-11(12)17-14(19)20/h2-3,5,7-8H,4,6H2,1H3,(H,17,20). The van der Waals surface area contributed by atoms with Crippen LogP contribution in [-0.2, 0) is 20.0 Å². The van der Waals surface area contributed by atoms with Crippen LogP contribution in [-0.4, -0.2) is 19.1 Å². The van der Waals surface area contributed by atoms with Crippen molar-refractivity contribution in [1.82, 2.24) is 19.1 Å². The Bertz CT molecular complexity index is 862. The molecule has 1 aromatic carbocycles. The molecule has 0 radical (unpaired) electrons. The van der Waals surface area contributed by atoms with Crippen LogP contribution < -0.4 is 0 Å². The fraction of sp³-hybridized carbons (Fsp3) is 0.214. The van der Waals surface area contributed by atoms with Gasteiger partial charge in [-0.25, -0.2) is 4.98 Å². The number of aryl methyl sites for hydroxylation is 3. The maximum Gasteiger partial charge on any atom is 0.178 e. The van der Waals surface area contributed by atoms with Gasteiger partial charge in [-0.3, -0.25) is 0 Å². The normalized spacial score (nSPS) is 10.8. The molecule has 3 rings (SSSR count). The zero-order chi connectivity index (χ0) is 14.1. The highest BCUT2D eigenvalue weighted by molar-refractivity contribution is 7.71. The Kier molecular flexibility index (Phi) is 3.12. The fourth-order valence-corrected chi connectivity index (χ4v) is 2.59. The number of hydrogen-bond acceptors (Lipinski definition) is 3. The smallest absolute Gasteiger partial charge is 0.178 e. The van der Waals surface area contributed by atoms with Crippen LogP contribution in [0.5, 0.6) is 0 Å². The van der Waals surface area contributed by atoms with Crippen molar-refractivity contribution < 1.29 is 0 Å². The van der Waals surface area contributed by atoms with Crippen LogP contribution in [0.2, 0.25) is 0 Å². The number of aromatic amines is 1. The van der Waals surface area contributed by atoms with Gasteiger partial charge in [-0.2, -0.15) is 5.26 Å². The number of rotatable bonds is 3. The minimum absolute atomic E-state index is 0.636. The maximum absolute atomic E-state index is 9.00. The predicted molar refractivity (Wildman–Crippen MR) is 78.7 cm³/mol. The average molecular weight is 283 g/mol. The molecule has 3 aromatic rings. The van der Waals surface area contributed by atoms with Crippen molar-refractivity contribution in [3.63, 3.8) is 0 Å². The van der Waals surface area contributed by atoms with Crippen molar-refractivity contribution in [1.29, 1.82) is 5.26 Å². The summed E-state index contributed by atoms with van der Waals surface area (Å²) in [4.78, 5) is 7.48. The van der Waals surface area contributed by atoms with E-state index in [1.54, 1.807) is 12.3 Å².